The van der Waals surface area contributed by atoms with E-state index < -0.39 is 0 Å². The molecule has 4 nitrogen and oxygen atoms in total. The molecule has 0 aromatic heterocycles. The van der Waals surface area contributed by atoms with Crippen molar-refractivity contribution in [1.82, 2.24) is 0 Å². The first-order valence-electron chi connectivity index (χ1n) is 8.74. The van der Waals surface area contributed by atoms with E-state index in [0.717, 1.165) is 27.7 Å². The van der Waals surface area contributed by atoms with Crippen LogP contribution in [0.15, 0.2) is 40.9 Å². The lowest BCUT2D eigenvalue weighted by Crippen LogP contribution is -2.26. The number of nitrogens with zero attached hydrogens (tertiary/aromatic N) is 1. The largest absolute Gasteiger partial charge is 0.493 e. The number of carbonyl (C=O) groups is 1. The molecule has 0 spiro atoms. The van der Waals surface area contributed by atoms with Crippen LogP contribution in [0.4, 0.5) is 5.69 Å². The summed E-state index contributed by atoms with van der Waals surface area (Å²) in [5.41, 5.74) is 3.53. The summed E-state index contributed by atoms with van der Waals surface area (Å²) in [6, 6.07) is 11.8. The van der Waals surface area contributed by atoms with E-state index in [4.69, 9.17) is 9.47 Å². The molecule has 2 aromatic carbocycles. The number of carbonyl (C=O) groups excluding carboxylic acids is 1. The first kappa shape index (κ1) is 18.5. The minimum Gasteiger partial charge on any atom is -0.493 e. The molecule has 0 unspecified atom stereocenters. The molecule has 3 rings (SSSR count). The molecule has 0 aliphatic carbocycles. The number of amides is 1. The number of ether oxygens (including phenoxy) is 2. The number of hydrogen-bond acceptors (Lipinski definition) is 3. The normalized spacial score (nSPS) is 14.7. The molecule has 1 heterocycles. The van der Waals surface area contributed by atoms with Crippen LogP contribution < -0.4 is 14.4 Å². The van der Waals surface area contributed by atoms with E-state index in [9.17, 15) is 4.79 Å². The van der Waals surface area contributed by atoms with Crippen molar-refractivity contribution in [2.45, 2.75) is 20.3 Å². The molecule has 5 heteroatoms. The SMILES string of the molecule is CCCN1C(=O)/C(=C\c2cc(Br)c(OCC)c(OC)c2)c2ccccc21. The minimum absolute atomic E-state index is 0.0389. The summed E-state index contributed by atoms with van der Waals surface area (Å²) in [5.74, 6) is 1.34. The molecule has 0 radical (unpaired) electrons. The number of hydrogen-bond donors (Lipinski definition) is 0. The van der Waals surface area contributed by atoms with Crippen LogP contribution in [0, 0.1) is 0 Å². The summed E-state index contributed by atoms with van der Waals surface area (Å²) in [5, 5.41) is 0. The van der Waals surface area contributed by atoms with Crippen LogP contribution in [0.1, 0.15) is 31.4 Å². The first-order chi connectivity index (χ1) is 12.6. The maximum atomic E-state index is 13.0. The fourth-order valence-electron chi connectivity index (χ4n) is 3.17. The highest BCUT2D eigenvalue weighted by Crippen LogP contribution is 2.40. The molecule has 1 aliphatic heterocycles. The fourth-order valence-corrected chi connectivity index (χ4v) is 3.74. The number of fused-ring (bicyclic) bond motifs is 1. The van der Waals surface area contributed by atoms with Gasteiger partial charge in [0.1, 0.15) is 0 Å². The van der Waals surface area contributed by atoms with Gasteiger partial charge in [-0.3, -0.25) is 4.79 Å². The van der Waals surface area contributed by atoms with Gasteiger partial charge < -0.3 is 14.4 Å². The number of para-hydroxylation sites is 1. The topological polar surface area (TPSA) is 38.8 Å². The predicted molar refractivity (Wildman–Crippen MR) is 109 cm³/mol. The Morgan fingerprint density at radius 2 is 1.96 bits per heavy atom. The summed E-state index contributed by atoms with van der Waals surface area (Å²) in [7, 11) is 1.61. The molecule has 26 heavy (non-hydrogen) atoms. The number of benzene rings is 2. The highest BCUT2D eigenvalue weighted by atomic mass is 79.9. The Balaban J connectivity index is 2.07. The maximum Gasteiger partial charge on any atom is 0.258 e. The van der Waals surface area contributed by atoms with E-state index in [-0.39, 0.29) is 5.91 Å². The Bertz CT molecular complexity index is 860. The van der Waals surface area contributed by atoms with Crippen molar-refractivity contribution >= 4 is 39.2 Å². The molecule has 0 saturated heterocycles. The quantitative estimate of drug-likeness (QED) is 0.611. The second-order valence-corrected chi connectivity index (χ2v) is 6.85. The maximum absolute atomic E-state index is 13.0. The van der Waals surface area contributed by atoms with Crippen molar-refractivity contribution in [3.8, 4) is 11.5 Å². The lowest BCUT2D eigenvalue weighted by Gasteiger charge is -2.15. The van der Waals surface area contributed by atoms with E-state index in [2.05, 4.69) is 22.9 Å². The lowest BCUT2D eigenvalue weighted by atomic mass is 10.0. The van der Waals surface area contributed by atoms with Crippen molar-refractivity contribution in [3.63, 3.8) is 0 Å². The smallest absolute Gasteiger partial charge is 0.258 e. The number of rotatable bonds is 6. The van der Waals surface area contributed by atoms with Crippen LogP contribution in [-0.4, -0.2) is 26.2 Å². The summed E-state index contributed by atoms with van der Waals surface area (Å²) in [6.45, 7) is 5.26. The zero-order valence-electron chi connectivity index (χ0n) is 15.2. The fraction of sp³-hybridized carbons (Fsp3) is 0.286. The Hall–Kier alpha value is -2.27. The summed E-state index contributed by atoms with van der Waals surface area (Å²) in [4.78, 5) is 14.8. The molecule has 0 bridgehead atoms. The zero-order chi connectivity index (χ0) is 18.7. The average molecular weight is 416 g/mol. The molecule has 0 fully saturated rings. The van der Waals surface area contributed by atoms with Gasteiger partial charge in [-0.2, -0.15) is 0 Å². The molecule has 0 atom stereocenters. The van der Waals surface area contributed by atoms with Gasteiger partial charge in [0.2, 0.25) is 0 Å². The van der Waals surface area contributed by atoms with Crippen molar-refractivity contribution in [2.75, 3.05) is 25.2 Å². The summed E-state index contributed by atoms with van der Waals surface area (Å²) in [6.07, 6.45) is 2.83. The molecular weight excluding hydrogens is 394 g/mol. The van der Waals surface area contributed by atoms with Crippen LogP contribution >= 0.6 is 15.9 Å². The van der Waals surface area contributed by atoms with Gasteiger partial charge in [-0.25, -0.2) is 0 Å². The second kappa shape index (κ2) is 7.96. The number of halogens is 1. The van der Waals surface area contributed by atoms with Crippen LogP contribution in [0.2, 0.25) is 0 Å². The van der Waals surface area contributed by atoms with Crippen molar-refractivity contribution in [2.24, 2.45) is 0 Å². The molecular formula is C21H22BrNO3. The third kappa shape index (κ3) is 3.36. The van der Waals surface area contributed by atoms with Crippen molar-refractivity contribution < 1.29 is 14.3 Å². The monoisotopic (exact) mass is 415 g/mol. The van der Waals surface area contributed by atoms with E-state index in [1.165, 1.54) is 0 Å². The Labute approximate surface area is 162 Å². The van der Waals surface area contributed by atoms with Crippen LogP contribution in [0.3, 0.4) is 0 Å². The van der Waals surface area contributed by atoms with Gasteiger partial charge in [-0.05, 0) is 59.1 Å². The van der Waals surface area contributed by atoms with Crippen LogP contribution in [0.25, 0.3) is 11.6 Å². The molecule has 0 N–H and O–H groups in total. The van der Waals surface area contributed by atoms with Crippen molar-refractivity contribution in [1.29, 1.82) is 0 Å². The first-order valence-corrected chi connectivity index (χ1v) is 9.53. The third-order valence-corrected chi connectivity index (χ3v) is 4.85. The van der Waals surface area contributed by atoms with Gasteiger partial charge in [0.05, 0.1) is 23.9 Å². The molecule has 0 saturated carbocycles. The van der Waals surface area contributed by atoms with Crippen LogP contribution in [-0.2, 0) is 4.79 Å². The number of methoxy groups -OCH3 is 1. The highest BCUT2D eigenvalue weighted by Gasteiger charge is 2.31. The minimum atomic E-state index is 0.0389. The van der Waals surface area contributed by atoms with E-state index in [0.29, 0.717) is 30.2 Å². The van der Waals surface area contributed by atoms with E-state index >= 15 is 0 Å². The Kier molecular flexibility index (Phi) is 5.67. The third-order valence-electron chi connectivity index (χ3n) is 4.26. The van der Waals surface area contributed by atoms with Crippen molar-refractivity contribution in [3.05, 3.63) is 52.0 Å². The van der Waals surface area contributed by atoms with Gasteiger partial charge in [0, 0.05) is 17.7 Å². The summed E-state index contributed by atoms with van der Waals surface area (Å²) < 4.78 is 11.9. The zero-order valence-corrected chi connectivity index (χ0v) is 16.8. The van der Waals surface area contributed by atoms with Gasteiger partial charge in [-0.15, -0.1) is 0 Å². The van der Waals surface area contributed by atoms with E-state index in [1.54, 1.807) is 7.11 Å². The Morgan fingerprint density at radius 3 is 2.65 bits per heavy atom. The van der Waals surface area contributed by atoms with E-state index in [1.807, 2.05) is 54.3 Å². The highest BCUT2D eigenvalue weighted by molar-refractivity contribution is 9.10. The standard InChI is InChI=1S/C21H22BrNO3/c1-4-10-23-18-9-7-6-8-15(18)16(21(23)24)11-14-12-17(22)20(26-5-2)19(13-14)25-3/h6-9,11-13H,4-5,10H2,1-3H3/b16-11-. The average Bonchev–Trinajstić information content (AvgIpc) is 2.90. The second-order valence-electron chi connectivity index (χ2n) is 6.00. The summed E-state index contributed by atoms with van der Waals surface area (Å²) >= 11 is 3.54. The van der Waals surface area contributed by atoms with Gasteiger partial charge in [-0.1, -0.05) is 25.1 Å². The number of anilines is 1. The van der Waals surface area contributed by atoms with Gasteiger partial charge >= 0.3 is 0 Å². The van der Waals surface area contributed by atoms with Gasteiger partial charge in [0.15, 0.2) is 11.5 Å². The van der Waals surface area contributed by atoms with Gasteiger partial charge in [0.25, 0.3) is 5.91 Å². The molecule has 1 aliphatic rings. The predicted octanol–water partition coefficient (Wildman–Crippen LogP) is 5.15. The Morgan fingerprint density at radius 1 is 1.19 bits per heavy atom. The molecule has 2 aromatic rings. The molecule has 136 valence electrons. The van der Waals surface area contributed by atoms with Crippen LogP contribution in [0.5, 0.6) is 11.5 Å². The lowest BCUT2D eigenvalue weighted by molar-refractivity contribution is -0.113. The molecule has 1 amide bonds.